The normalized spacial score (nSPS) is 19.4. The molecule has 0 aromatic heterocycles. The number of carboxylic acid groups (broad SMARTS) is 1. The van der Waals surface area contributed by atoms with Crippen molar-refractivity contribution in [1.29, 1.82) is 0 Å². The van der Waals surface area contributed by atoms with E-state index in [9.17, 15) is 9.59 Å². The second-order valence-corrected chi connectivity index (χ2v) is 2.60. The van der Waals surface area contributed by atoms with Crippen molar-refractivity contribution in [2.75, 3.05) is 7.11 Å². The van der Waals surface area contributed by atoms with E-state index < -0.39 is 30.4 Å². The largest absolute Gasteiger partial charge is 0.479 e. The maximum Gasteiger partial charge on any atom is 0.335 e. The smallest absolute Gasteiger partial charge is 0.335 e. The van der Waals surface area contributed by atoms with E-state index in [4.69, 9.17) is 20.4 Å². The number of hydrogen-bond acceptors (Lipinski definition) is 6. The highest BCUT2D eigenvalue weighted by Gasteiger charge is 2.35. The second kappa shape index (κ2) is 5.66. The molecule has 0 aliphatic rings. The van der Waals surface area contributed by atoms with Gasteiger partial charge in [0.15, 0.2) is 12.4 Å². The molecule has 0 fully saturated rings. The van der Waals surface area contributed by atoms with Crippen molar-refractivity contribution in [3.05, 3.63) is 0 Å². The molecular weight excluding hydrogens is 196 g/mol. The van der Waals surface area contributed by atoms with Crippen molar-refractivity contribution in [3.8, 4) is 0 Å². The third kappa shape index (κ3) is 3.04. The van der Waals surface area contributed by atoms with Gasteiger partial charge in [-0.25, -0.2) is 4.79 Å². The van der Waals surface area contributed by atoms with Crippen LogP contribution in [-0.2, 0) is 14.3 Å². The average Bonchev–Trinajstić information content (AvgIpc) is 2.17. The van der Waals surface area contributed by atoms with Crippen molar-refractivity contribution in [3.63, 3.8) is 0 Å². The topological polar surface area (TPSA) is 124 Å². The Morgan fingerprint density at radius 3 is 2.14 bits per heavy atom. The molecule has 0 aromatic rings. The van der Waals surface area contributed by atoms with Gasteiger partial charge in [0, 0.05) is 7.11 Å². The molecule has 0 heterocycles. The molecule has 0 saturated heterocycles. The molecule has 4 N–H and O–H groups in total. The van der Waals surface area contributed by atoms with Crippen LogP contribution in [0.1, 0.15) is 0 Å². The Morgan fingerprint density at radius 2 is 1.86 bits per heavy atom. The first-order chi connectivity index (χ1) is 6.45. The number of aliphatic hydroxyl groups is 3. The zero-order valence-corrected chi connectivity index (χ0v) is 7.40. The van der Waals surface area contributed by atoms with Crippen molar-refractivity contribution in [2.45, 2.75) is 24.4 Å². The number of carbonyl (C=O) groups is 2. The predicted molar refractivity (Wildman–Crippen MR) is 42.5 cm³/mol. The quantitative estimate of drug-likeness (QED) is 0.352. The van der Waals surface area contributed by atoms with Crippen LogP contribution in [0.15, 0.2) is 0 Å². The van der Waals surface area contributed by atoms with Crippen LogP contribution >= 0.6 is 0 Å². The summed E-state index contributed by atoms with van der Waals surface area (Å²) in [5.41, 5.74) is 0. The summed E-state index contributed by atoms with van der Waals surface area (Å²) >= 11 is 0. The van der Waals surface area contributed by atoms with Crippen molar-refractivity contribution < 1.29 is 34.8 Å². The van der Waals surface area contributed by atoms with Crippen LogP contribution in [-0.4, -0.2) is 64.2 Å². The average molecular weight is 208 g/mol. The first-order valence-electron chi connectivity index (χ1n) is 3.70. The Bertz CT molecular complexity index is 204. The maximum atomic E-state index is 10.3. The number of ether oxygens (including phenoxy) is 1. The molecule has 0 bridgehead atoms. The molecule has 7 nitrogen and oxygen atoms in total. The zero-order valence-electron chi connectivity index (χ0n) is 7.40. The number of carboxylic acids is 1. The maximum absolute atomic E-state index is 10.3. The molecule has 82 valence electrons. The van der Waals surface area contributed by atoms with E-state index in [1.54, 1.807) is 0 Å². The lowest BCUT2D eigenvalue weighted by molar-refractivity contribution is -0.167. The molecule has 0 radical (unpaired) electrons. The van der Waals surface area contributed by atoms with Crippen LogP contribution < -0.4 is 0 Å². The van der Waals surface area contributed by atoms with Crippen molar-refractivity contribution >= 4 is 12.3 Å². The number of hydrogen-bond donors (Lipinski definition) is 4. The van der Waals surface area contributed by atoms with E-state index in [-0.39, 0.29) is 6.29 Å². The lowest BCUT2D eigenvalue weighted by Crippen LogP contribution is -2.49. The van der Waals surface area contributed by atoms with Crippen molar-refractivity contribution in [2.24, 2.45) is 0 Å². The predicted octanol–water partition coefficient (Wildman–Crippen LogP) is -2.63. The van der Waals surface area contributed by atoms with Gasteiger partial charge in [0.25, 0.3) is 0 Å². The molecule has 0 aromatic carbocycles. The van der Waals surface area contributed by atoms with E-state index >= 15 is 0 Å². The third-order valence-electron chi connectivity index (χ3n) is 1.66. The van der Waals surface area contributed by atoms with Crippen molar-refractivity contribution in [1.82, 2.24) is 0 Å². The molecule has 0 amide bonds. The zero-order chi connectivity index (χ0) is 11.3. The number of aliphatic hydroxyl groups excluding tert-OH is 3. The van der Waals surface area contributed by atoms with E-state index in [0.29, 0.717) is 0 Å². The van der Waals surface area contributed by atoms with Gasteiger partial charge in [-0.15, -0.1) is 0 Å². The highest BCUT2D eigenvalue weighted by Crippen LogP contribution is 2.08. The molecule has 0 spiro atoms. The highest BCUT2D eigenvalue weighted by molar-refractivity contribution is 5.73. The molecule has 0 saturated carbocycles. The minimum Gasteiger partial charge on any atom is -0.479 e. The fourth-order valence-corrected chi connectivity index (χ4v) is 0.870. The van der Waals surface area contributed by atoms with Crippen LogP contribution in [0.4, 0.5) is 0 Å². The van der Waals surface area contributed by atoms with Gasteiger partial charge < -0.3 is 30.0 Å². The Balaban J connectivity index is 4.54. The molecule has 14 heavy (non-hydrogen) atoms. The Morgan fingerprint density at radius 1 is 1.36 bits per heavy atom. The highest BCUT2D eigenvalue weighted by atomic mass is 16.5. The second-order valence-electron chi connectivity index (χ2n) is 2.60. The first kappa shape index (κ1) is 13.0. The number of methoxy groups -OCH3 is 1. The van der Waals surface area contributed by atoms with Crippen LogP contribution in [0.5, 0.6) is 0 Å². The summed E-state index contributed by atoms with van der Waals surface area (Å²) in [6.07, 6.45) is -7.14. The summed E-state index contributed by atoms with van der Waals surface area (Å²) < 4.78 is 4.46. The van der Waals surface area contributed by atoms with Gasteiger partial charge in [-0.05, 0) is 0 Å². The van der Waals surface area contributed by atoms with Crippen LogP contribution in [0.25, 0.3) is 0 Å². The summed E-state index contributed by atoms with van der Waals surface area (Å²) in [6.45, 7) is 0. The number of rotatable bonds is 6. The molecule has 0 rings (SSSR count). The number of carbonyl (C=O) groups excluding carboxylic acids is 1. The number of aliphatic carboxylic acids is 1. The molecule has 0 aliphatic carbocycles. The Kier molecular flexibility index (Phi) is 5.24. The van der Waals surface area contributed by atoms with Gasteiger partial charge >= 0.3 is 5.97 Å². The van der Waals surface area contributed by atoms with Gasteiger partial charge in [0.1, 0.15) is 18.3 Å². The SMILES string of the molecule is CO[C@H]([C@@H](O)[C@H](O)C=O)[C@H](O)C(=O)O. The molecule has 0 aliphatic heterocycles. The molecule has 7 heteroatoms. The summed E-state index contributed by atoms with van der Waals surface area (Å²) in [5, 5.41) is 35.4. The minimum atomic E-state index is -2.01. The number of aldehydes is 1. The summed E-state index contributed by atoms with van der Waals surface area (Å²) in [7, 11) is 1.04. The fraction of sp³-hybridized carbons (Fsp3) is 0.714. The molecule has 4 atom stereocenters. The third-order valence-corrected chi connectivity index (χ3v) is 1.66. The van der Waals surface area contributed by atoms with E-state index in [0.717, 1.165) is 7.11 Å². The summed E-state index contributed by atoms with van der Waals surface area (Å²) in [5.74, 6) is -1.62. The standard InChI is InChI=1S/C7H12O7/c1-14-6(5(11)7(12)13)4(10)3(9)2-8/h2-6,9-11H,1H3,(H,12,13)/t3-,4+,5+,6-/m1/s1. The molecule has 0 unspecified atom stereocenters. The lowest BCUT2D eigenvalue weighted by atomic mass is 10.0. The summed E-state index contributed by atoms with van der Waals surface area (Å²) in [4.78, 5) is 20.4. The summed E-state index contributed by atoms with van der Waals surface area (Å²) in [6, 6.07) is 0. The monoisotopic (exact) mass is 208 g/mol. The van der Waals surface area contributed by atoms with Gasteiger partial charge in [-0.1, -0.05) is 0 Å². The van der Waals surface area contributed by atoms with Gasteiger partial charge in [-0.2, -0.15) is 0 Å². The Labute approximate surface area is 79.5 Å². The van der Waals surface area contributed by atoms with E-state index in [1.165, 1.54) is 0 Å². The van der Waals surface area contributed by atoms with Crippen LogP contribution in [0.3, 0.4) is 0 Å². The first-order valence-corrected chi connectivity index (χ1v) is 3.70. The minimum absolute atomic E-state index is 0.0191. The Hall–Kier alpha value is -1.02. The van der Waals surface area contributed by atoms with Gasteiger partial charge in [0.2, 0.25) is 0 Å². The van der Waals surface area contributed by atoms with E-state index in [1.807, 2.05) is 0 Å². The van der Waals surface area contributed by atoms with Crippen LogP contribution in [0, 0.1) is 0 Å². The molecular formula is C7H12O7. The van der Waals surface area contributed by atoms with E-state index in [2.05, 4.69) is 4.74 Å². The lowest BCUT2D eigenvalue weighted by Gasteiger charge is -2.24. The fourth-order valence-electron chi connectivity index (χ4n) is 0.870. The van der Waals surface area contributed by atoms with Crippen LogP contribution in [0.2, 0.25) is 0 Å². The van der Waals surface area contributed by atoms with Gasteiger partial charge in [0.05, 0.1) is 0 Å². The van der Waals surface area contributed by atoms with Gasteiger partial charge in [-0.3, -0.25) is 0 Å².